The number of nitrogens with two attached hydrogens (primary N) is 1. The molecule has 110 valence electrons. The predicted octanol–water partition coefficient (Wildman–Crippen LogP) is 4.06. The molecule has 0 aromatic heterocycles. The second kappa shape index (κ2) is 6.93. The second-order valence-corrected chi connectivity index (χ2v) is 5.25. The lowest BCUT2D eigenvalue weighted by Gasteiger charge is -2.16. The van der Waals surface area contributed by atoms with Gasteiger partial charge in [-0.25, -0.2) is 0 Å². The van der Waals surface area contributed by atoms with Crippen LogP contribution in [0.5, 0.6) is 5.75 Å². The molecular formula is C18H22N2O. The molecular weight excluding hydrogens is 260 g/mol. The van der Waals surface area contributed by atoms with Crippen molar-refractivity contribution in [2.45, 2.75) is 32.8 Å². The van der Waals surface area contributed by atoms with E-state index in [2.05, 4.69) is 19.9 Å². The van der Waals surface area contributed by atoms with E-state index in [4.69, 9.17) is 15.9 Å². The molecule has 0 fully saturated rings. The smallest absolute Gasteiger partial charge is 0.123 e. The molecule has 21 heavy (non-hydrogen) atoms. The summed E-state index contributed by atoms with van der Waals surface area (Å²) in [4.78, 5) is 0. The van der Waals surface area contributed by atoms with Gasteiger partial charge < -0.3 is 10.5 Å². The van der Waals surface area contributed by atoms with Crippen molar-refractivity contribution in [1.82, 2.24) is 0 Å². The van der Waals surface area contributed by atoms with Crippen LogP contribution >= 0.6 is 0 Å². The lowest BCUT2D eigenvalue weighted by molar-refractivity contribution is 0.301. The van der Waals surface area contributed by atoms with Gasteiger partial charge in [0.15, 0.2) is 0 Å². The highest BCUT2D eigenvalue weighted by Gasteiger charge is 2.09. The Morgan fingerprint density at radius 2 is 1.95 bits per heavy atom. The number of amidine groups is 1. The van der Waals surface area contributed by atoms with Gasteiger partial charge in [0.25, 0.3) is 0 Å². The quantitative estimate of drug-likeness (QED) is 0.620. The molecule has 2 aromatic rings. The van der Waals surface area contributed by atoms with Crippen LogP contribution in [0.4, 0.5) is 0 Å². The molecule has 3 N–H and O–H groups in total. The maximum atomic E-state index is 7.48. The Kier molecular flexibility index (Phi) is 4.99. The third kappa shape index (κ3) is 3.85. The first-order valence-electron chi connectivity index (χ1n) is 7.27. The summed E-state index contributed by atoms with van der Waals surface area (Å²) >= 11 is 0. The van der Waals surface area contributed by atoms with Crippen LogP contribution in [0, 0.1) is 5.41 Å². The summed E-state index contributed by atoms with van der Waals surface area (Å²) in [7, 11) is 0. The van der Waals surface area contributed by atoms with Crippen LogP contribution in [-0.2, 0) is 6.61 Å². The van der Waals surface area contributed by atoms with Gasteiger partial charge in [0.2, 0.25) is 0 Å². The summed E-state index contributed by atoms with van der Waals surface area (Å²) in [5.41, 5.74) is 8.50. The van der Waals surface area contributed by atoms with E-state index >= 15 is 0 Å². The van der Waals surface area contributed by atoms with Crippen molar-refractivity contribution in [2.24, 2.45) is 5.73 Å². The minimum absolute atomic E-state index is 0.0804. The van der Waals surface area contributed by atoms with Gasteiger partial charge in [-0.05, 0) is 35.6 Å². The molecule has 0 aliphatic heterocycles. The van der Waals surface area contributed by atoms with Crippen LogP contribution in [0.3, 0.4) is 0 Å². The first-order valence-corrected chi connectivity index (χ1v) is 7.27. The number of benzene rings is 2. The molecule has 0 heterocycles. The standard InChI is InChI=1S/C18H22N2O/c1-3-13(2)16-9-4-5-10-17(16)21-12-14-7-6-8-15(11-14)18(19)20/h4-11,13H,3,12H2,1-2H3,(H3,19,20). The van der Waals surface area contributed by atoms with Gasteiger partial charge in [-0.2, -0.15) is 0 Å². The van der Waals surface area contributed by atoms with E-state index in [1.54, 1.807) is 0 Å². The van der Waals surface area contributed by atoms with Crippen molar-refractivity contribution >= 4 is 5.84 Å². The van der Waals surface area contributed by atoms with Crippen LogP contribution in [-0.4, -0.2) is 5.84 Å². The number of para-hydroxylation sites is 1. The fraction of sp³-hybridized carbons (Fsp3) is 0.278. The van der Waals surface area contributed by atoms with Crippen LogP contribution < -0.4 is 10.5 Å². The number of nitrogens with one attached hydrogen (secondary N) is 1. The van der Waals surface area contributed by atoms with Crippen molar-refractivity contribution in [3.63, 3.8) is 0 Å². The van der Waals surface area contributed by atoms with Crippen LogP contribution in [0.1, 0.15) is 42.9 Å². The Labute approximate surface area is 126 Å². The van der Waals surface area contributed by atoms with Gasteiger partial charge in [-0.15, -0.1) is 0 Å². The Morgan fingerprint density at radius 3 is 2.67 bits per heavy atom. The molecule has 0 aliphatic carbocycles. The molecule has 2 aromatic carbocycles. The second-order valence-electron chi connectivity index (χ2n) is 5.25. The van der Waals surface area contributed by atoms with Gasteiger partial charge in [-0.3, -0.25) is 5.41 Å². The third-order valence-corrected chi connectivity index (χ3v) is 3.69. The topological polar surface area (TPSA) is 59.1 Å². The van der Waals surface area contributed by atoms with E-state index in [9.17, 15) is 0 Å². The fourth-order valence-electron chi connectivity index (χ4n) is 2.23. The van der Waals surface area contributed by atoms with Gasteiger partial charge in [0, 0.05) is 5.56 Å². The molecule has 0 saturated carbocycles. The Bertz CT molecular complexity index is 622. The number of rotatable bonds is 6. The van der Waals surface area contributed by atoms with Crippen LogP contribution in [0.2, 0.25) is 0 Å². The van der Waals surface area contributed by atoms with E-state index in [0.717, 1.165) is 23.3 Å². The summed E-state index contributed by atoms with van der Waals surface area (Å²) < 4.78 is 5.97. The summed E-state index contributed by atoms with van der Waals surface area (Å²) in [5, 5.41) is 7.48. The van der Waals surface area contributed by atoms with E-state index in [0.29, 0.717) is 12.5 Å². The molecule has 0 amide bonds. The summed E-state index contributed by atoms with van der Waals surface area (Å²) in [6, 6.07) is 15.8. The van der Waals surface area contributed by atoms with Crippen LogP contribution in [0.15, 0.2) is 48.5 Å². The monoisotopic (exact) mass is 282 g/mol. The zero-order valence-corrected chi connectivity index (χ0v) is 12.6. The van der Waals surface area contributed by atoms with E-state index < -0.39 is 0 Å². The van der Waals surface area contributed by atoms with E-state index in [1.165, 1.54) is 5.56 Å². The van der Waals surface area contributed by atoms with E-state index in [1.807, 2.05) is 42.5 Å². The summed E-state index contributed by atoms with van der Waals surface area (Å²) in [6.45, 7) is 4.87. The summed E-state index contributed by atoms with van der Waals surface area (Å²) in [6.07, 6.45) is 1.08. The largest absolute Gasteiger partial charge is 0.489 e. The molecule has 0 radical (unpaired) electrons. The Morgan fingerprint density at radius 1 is 1.19 bits per heavy atom. The first-order chi connectivity index (χ1) is 10.1. The molecule has 3 heteroatoms. The number of hydrogen-bond acceptors (Lipinski definition) is 2. The Hall–Kier alpha value is -2.29. The lowest BCUT2D eigenvalue weighted by atomic mass is 9.98. The van der Waals surface area contributed by atoms with Crippen molar-refractivity contribution in [1.29, 1.82) is 5.41 Å². The molecule has 0 aliphatic rings. The lowest BCUT2D eigenvalue weighted by Crippen LogP contribution is -2.11. The summed E-state index contributed by atoms with van der Waals surface area (Å²) in [5.74, 6) is 1.49. The van der Waals surface area contributed by atoms with Gasteiger partial charge in [0.05, 0.1) is 0 Å². The molecule has 0 spiro atoms. The predicted molar refractivity (Wildman–Crippen MR) is 86.9 cm³/mol. The van der Waals surface area contributed by atoms with Crippen molar-refractivity contribution in [3.05, 3.63) is 65.2 Å². The minimum Gasteiger partial charge on any atom is -0.489 e. The highest BCUT2D eigenvalue weighted by Crippen LogP contribution is 2.28. The highest BCUT2D eigenvalue weighted by atomic mass is 16.5. The maximum Gasteiger partial charge on any atom is 0.123 e. The zero-order valence-electron chi connectivity index (χ0n) is 12.6. The average molecular weight is 282 g/mol. The van der Waals surface area contributed by atoms with Crippen LogP contribution in [0.25, 0.3) is 0 Å². The van der Waals surface area contributed by atoms with E-state index in [-0.39, 0.29) is 5.84 Å². The fourth-order valence-corrected chi connectivity index (χ4v) is 2.23. The number of hydrogen-bond donors (Lipinski definition) is 2. The third-order valence-electron chi connectivity index (χ3n) is 3.69. The highest BCUT2D eigenvalue weighted by molar-refractivity contribution is 5.95. The molecule has 3 nitrogen and oxygen atoms in total. The van der Waals surface area contributed by atoms with Gasteiger partial charge in [0.1, 0.15) is 18.2 Å². The minimum atomic E-state index is 0.0804. The molecule has 0 bridgehead atoms. The number of ether oxygens (including phenoxy) is 1. The molecule has 0 saturated heterocycles. The zero-order chi connectivity index (χ0) is 15.2. The van der Waals surface area contributed by atoms with Crippen molar-refractivity contribution in [3.8, 4) is 5.75 Å². The van der Waals surface area contributed by atoms with Crippen molar-refractivity contribution < 1.29 is 4.74 Å². The maximum absolute atomic E-state index is 7.48. The molecule has 2 rings (SSSR count). The van der Waals surface area contributed by atoms with Crippen molar-refractivity contribution in [2.75, 3.05) is 0 Å². The van der Waals surface area contributed by atoms with Gasteiger partial charge in [-0.1, -0.05) is 50.2 Å². The Balaban J connectivity index is 2.13. The SMILES string of the molecule is CCC(C)c1ccccc1OCc1cccc(C(=N)N)c1. The van der Waals surface area contributed by atoms with Gasteiger partial charge >= 0.3 is 0 Å². The normalized spacial score (nSPS) is 11.9. The molecule has 1 atom stereocenters. The number of nitrogen functional groups attached to an aromatic ring is 1. The first kappa shape index (κ1) is 15.1. The molecule has 1 unspecified atom stereocenters. The average Bonchev–Trinajstić information content (AvgIpc) is 2.52.